The quantitative estimate of drug-likeness (QED) is 0.758. The molecule has 0 spiro atoms. The number of carbonyl (C=O) groups is 3. The van der Waals surface area contributed by atoms with Crippen LogP contribution in [-0.4, -0.2) is 45.7 Å². The van der Waals surface area contributed by atoms with Crippen molar-refractivity contribution < 1.29 is 24.2 Å². The van der Waals surface area contributed by atoms with Gasteiger partial charge in [-0.05, 0) is 44.2 Å². The van der Waals surface area contributed by atoms with Crippen LogP contribution in [0.15, 0.2) is 24.3 Å². The molecule has 0 saturated carbocycles. The largest absolute Gasteiger partial charge is 0.481 e. The Balaban J connectivity index is 2.28. The van der Waals surface area contributed by atoms with E-state index in [4.69, 9.17) is 4.74 Å². The molecule has 1 heterocycles. The Bertz CT molecular complexity index is 756. The number of carboxylic acid groups (broad SMARTS) is 1. The number of carboxylic acids is 1. The lowest BCUT2D eigenvalue weighted by molar-refractivity contribution is -0.143. The Kier molecular flexibility index (Phi) is 7.27. The summed E-state index contributed by atoms with van der Waals surface area (Å²) in [5.41, 5.74) is 1.38. The summed E-state index contributed by atoms with van der Waals surface area (Å²) in [6.45, 7) is 9.45. The molecule has 29 heavy (non-hydrogen) atoms. The summed E-state index contributed by atoms with van der Waals surface area (Å²) >= 11 is 0. The van der Waals surface area contributed by atoms with Crippen molar-refractivity contribution >= 4 is 18.0 Å². The molecule has 0 saturated heterocycles. The van der Waals surface area contributed by atoms with E-state index >= 15 is 0 Å². The summed E-state index contributed by atoms with van der Waals surface area (Å²) in [6, 6.07) is 6.51. The molecular weight excluding hydrogens is 372 g/mol. The second kappa shape index (κ2) is 9.29. The maximum atomic E-state index is 13.5. The molecule has 0 bridgehead atoms. The molecular formula is C22H32N2O5. The Morgan fingerprint density at radius 2 is 1.86 bits per heavy atom. The average Bonchev–Trinajstić information content (AvgIpc) is 2.62. The van der Waals surface area contributed by atoms with E-state index in [-0.39, 0.29) is 18.2 Å². The normalized spacial score (nSPS) is 18.4. The molecule has 0 aromatic heterocycles. The summed E-state index contributed by atoms with van der Waals surface area (Å²) in [7, 11) is 0. The zero-order valence-corrected chi connectivity index (χ0v) is 17.9. The highest BCUT2D eigenvalue weighted by Gasteiger charge is 2.37. The summed E-state index contributed by atoms with van der Waals surface area (Å²) < 4.78 is 5.33. The highest BCUT2D eigenvalue weighted by molar-refractivity contribution is 5.87. The van der Waals surface area contributed by atoms with Gasteiger partial charge in [0.05, 0.1) is 6.42 Å². The molecule has 2 amide bonds. The Morgan fingerprint density at radius 1 is 1.24 bits per heavy atom. The lowest BCUT2D eigenvalue weighted by Crippen LogP contribution is -2.56. The van der Waals surface area contributed by atoms with Gasteiger partial charge in [0.1, 0.15) is 11.6 Å². The molecule has 0 fully saturated rings. The molecule has 160 valence electrons. The number of carbonyl (C=O) groups excluding carboxylic acids is 2. The number of alkyl carbamates (subject to hydrolysis) is 1. The van der Waals surface area contributed by atoms with Crippen LogP contribution in [0.4, 0.5) is 4.79 Å². The number of ether oxygens (including phenoxy) is 1. The van der Waals surface area contributed by atoms with Crippen molar-refractivity contribution in [1.29, 1.82) is 0 Å². The SMILES string of the molecule is CC[C@H](C)[C@H](NC(=O)OC(C)(C)C)C(=O)N1Cc2ccccc2C[C@@H]1CC(=O)O. The first kappa shape index (κ1) is 22.7. The minimum Gasteiger partial charge on any atom is -0.481 e. The van der Waals surface area contributed by atoms with Crippen LogP contribution in [-0.2, 0) is 27.3 Å². The monoisotopic (exact) mass is 404 g/mol. The number of nitrogens with one attached hydrogen (secondary N) is 1. The maximum Gasteiger partial charge on any atom is 0.408 e. The van der Waals surface area contributed by atoms with Crippen LogP contribution in [0, 0.1) is 5.92 Å². The third-order valence-corrected chi connectivity index (χ3v) is 5.20. The number of nitrogens with zero attached hydrogens (tertiary/aromatic N) is 1. The number of amides is 2. The van der Waals surface area contributed by atoms with Crippen molar-refractivity contribution in [2.24, 2.45) is 5.92 Å². The first-order valence-corrected chi connectivity index (χ1v) is 10.1. The van der Waals surface area contributed by atoms with Gasteiger partial charge in [-0.15, -0.1) is 0 Å². The minimum absolute atomic E-state index is 0.127. The van der Waals surface area contributed by atoms with Crippen molar-refractivity contribution in [2.75, 3.05) is 0 Å². The highest BCUT2D eigenvalue weighted by atomic mass is 16.6. The average molecular weight is 405 g/mol. The number of hydrogen-bond donors (Lipinski definition) is 2. The molecule has 0 unspecified atom stereocenters. The predicted molar refractivity (Wildman–Crippen MR) is 109 cm³/mol. The molecule has 2 N–H and O–H groups in total. The summed E-state index contributed by atoms with van der Waals surface area (Å²) in [6.07, 6.45) is 0.372. The lowest BCUT2D eigenvalue weighted by atomic mass is 9.90. The minimum atomic E-state index is -0.952. The van der Waals surface area contributed by atoms with Crippen LogP contribution in [0.25, 0.3) is 0 Å². The number of rotatable bonds is 6. The molecule has 0 radical (unpaired) electrons. The van der Waals surface area contributed by atoms with Gasteiger partial charge in [0.2, 0.25) is 5.91 Å². The molecule has 1 aliphatic rings. The molecule has 1 aromatic rings. The Hall–Kier alpha value is -2.57. The van der Waals surface area contributed by atoms with Crippen LogP contribution < -0.4 is 5.32 Å². The zero-order valence-electron chi connectivity index (χ0n) is 17.9. The number of aliphatic carboxylic acids is 1. The summed E-state index contributed by atoms with van der Waals surface area (Å²) in [4.78, 5) is 38.8. The van der Waals surface area contributed by atoms with Gasteiger partial charge in [-0.2, -0.15) is 0 Å². The third-order valence-electron chi connectivity index (χ3n) is 5.20. The van der Waals surface area contributed by atoms with Crippen molar-refractivity contribution in [3.8, 4) is 0 Å². The van der Waals surface area contributed by atoms with Gasteiger partial charge < -0.3 is 20.1 Å². The molecule has 7 heteroatoms. The number of fused-ring (bicyclic) bond motifs is 1. The highest BCUT2D eigenvalue weighted by Crippen LogP contribution is 2.27. The fraction of sp³-hybridized carbons (Fsp3) is 0.591. The molecule has 3 atom stereocenters. The Morgan fingerprint density at radius 3 is 2.41 bits per heavy atom. The summed E-state index contributed by atoms with van der Waals surface area (Å²) in [5, 5.41) is 12.1. The number of benzene rings is 1. The molecule has 0 aliphatic carbocycles. The predicted octanol–water partition coefficient (Wildman–Crippen LogP) is 3.35. The van der Waals surface area contributed by atoms with Crippen LogP contribution in [0.1, 0.15) is 58.6 Å². The topological polar surface area (TPSA) is 95.9 Å². The van der Waals surface area contributed by atoms with Gasteiger partial charge in [-0.25, -0.2) is 4.79 Å². The zero-order chi connectivity index (χ0) is 21.8. The molecule has 2 rings (SSSR count). The van der Waals surface area contributed by atoms with Crippen LogP contribution >= 0.6 is 0 Å². The lowest BCUT2D eigenvalue weighted by Gasteiger charge is -2.39. The maximum absolute atomic E-state index is 13.5. The van der Waals surface area contributed by atoms with Gasteiger partial charge in [0.15, 0.2) is 0 Å². The van der Waals surface area contributed by atoms with E-state index in [9.17, 15) is 19.5 Å². The van der Waals surface area contributed by atoms with Crippen molar-refractivity contribution in [3.63, 3.8) is 0 Å². The number of hydrogen-bond acceptors (Lipinski definition) is 4. The van der Waals surface area contributed by atoms with E-state index in [2.05, 4.69) is 5.32 Å². The van der Waals surface area contributed by atoms with Gasteiger partial charge in [0.25, 0.3) is 0 Å². The first-order valence-electron chi connectivity index (χ1n) is 10.1. The van der Waals surface area contributed by atoms with Crippen molar-refractivity contribution in [3.05, 3.63) is 35.4 Å². The van der Waals surface area contributed by atoms with Crippen LogP contribution in [0.5, 0.6) is 0 Å². The van der Waals surface area contributed by atoms with E-state index in [1.54, 1.807) is 25.7 Å². The van der Waals surface area contributed by atoms with E-state index in [0.29, 0.717) is 19.4 Å². The van der Waals surface area contributed by atoms with E-state index in [1.165, 1.54) is 0 Å². The Labute approximate surface area is 172 Å². The standard InChI is InChI=1S/C22H32N2O5/c1-6-14(2)19(23-21(28)29-22(3,4)5)20(27)24-13-16-10-8-7-9-15(16)11-17(24)12-18(25)26/h7-10,14,17,19H,6,11-13H2,1-5H3,(H,23,28)(H,25,26)/t14-,17+,19-/m0/s1. The second-order valence-electron chi connectivity index (χ2n) is 8.70. The van der Waals surface area contributed by atoms with Crippen LogP contribution in [0.2, 0.25) is 0 Å². The van der Waals surface area contributed by atoms with Crippen molar-refractivity contribution in [2.45, 2.75) is 78.1 Å². The van der Waals surface area contributed by atoms with Gasteiger partial charge >= 0.3 is 12.1 Å². The van der Waals surface area contributed by atoms with E-state index < -0.39 is 29.7 Å². The van der Waals surface area contributed by atoms with Gasteiger partial charge in [-0.3, -0.25) is 9.59 Å². The first-order chi connectivity index (χ1) is 13.5. The van der Waals surface area contributed by atoms with Crippen molar-refractivity contribution in [1.82, 2.24) is 10.2 Å². The second-order valence-corrected chi connectivity index (χ2v) is 8.70. The molecule has 1 aromatic carbocycles. The van der Waals surface area contributed by atoms with Gasteiger partial charge in [0, 0.05) is 12.6 Å². The third kappa shape index (κ3) is 6.21. The smallest absolute Gasteiger partial charge is 0.408 e. The fourth-order valence-corrected chi connectivity index (χ4v) is 3.53. The van der Waals surface area contributed by atoms with E-state index in [0.717, 1.165) is 11.1 Å². The van der Waals surface area contributed by atoms with Crippen LogP contribution in [0.3, 0.4) is 0 Å². The summed E-state index contributed by atoms with van der Waals surface area (Å²) in [5.74, 6) is -1.35. The van der Waals surface area contributed by atoms with E-state index in [1.807, 2.05) is 38.1 Å². The van der Waals surface area contributed by atoms with Gasteiger partial charge in [-0.1, -0.05) is 44.5 Å². The molecule has 7 nitrogen and oxygen atoms in total. The fourth-order valence-electron chi connectivity index (χ4n) is 3.53. The molecule has 1 aliphatic heterocycles.